The molecule has 0 aliphatic heterocycles. The Kier molecular flexibility index (Phi) is 5.05. The second-order valence-electron chi connectivity index (χ2n) is 7.30. The fourth-order valence-corrected chi connectivity index (χ4v) is 3.36. The Morgan fingerprint density at radius 2 is 1.78 bits per heavy atom. The summed E-state index contributed by atoms with van der Waals surface area (Å²) in [5.74, 6) is 1.06. The quantitative estimate of drug-likeness (QED) is 0.398. The minimum absolute atomic E-state index is 0.307. The normalized spacial score (nSPS) is 10.8. The third kappa shape index (κ3) is 4.04. The summed E-state index contributed by atoms with van der Waals surface area (Å²) in [4.78, 5) is 21.3. The van der Waals surface area contributed by atoms with Crippen LogP contribution < -0.4 is 10.1 Å². The van der Waals surface area contributed by atoms with Gasteiger partial charge in [0.15, 0.2) is 5.69 Å². The van der Waals surface area contributed by atoms with Crippen molar-refractivity contribution >= 4 is 22.5 Å². The highest BCUT2D eigenvalue weighted by molar-refractivity contribution is 6.11. The average molecular weight is 421 g/mol. The van der Waals surface area contributed by atoms with Gasteiger partial charge in [0.05, 0.1) is 23.6 Å². The molecule has 0 atom stereocenters. The summed E-state index contributed by atoms with van der Waals surface area (Å²) in [5.41, 5.74) is 4.34. The minimum Gasteiger partial charge on any atom is -0.456 e. The van der Waals surface area contributed by atoms with Crippen LogP contribution in [0.1, 0.15) is 16.2 Å². The van der Waals surface area contributed by atoms with Gasteiger partial charge in [-0.1, -0.05) is 24.3 Å². The van der Waals surface area contributed by atoms with Crippen LogP contribution in [0.4, 0.5) is 5.69 Å². The molecule has 3 aromatic heterocycles. The molecule has 7 heteroatoms. The van der Waals surface area contributed by atoms with Crippen LogP contribution in [-0.4, -0.2) is 26.1 Å². The molecular weight excluding hydrogens is 402 g/mol. The van der Waals surface area contributed by atoms with Crippen molar-refractivity contribution in [2.75, 3.05) is 5.32 Å². The maximum Gasteiger partial charge on any atom is 0.276 e. The molecule has 0 saturated heterocycles. The van der Waals surface area contributed by atoms with E-state index in [0.717, 1.165) is 33.5 Å². The summed E-state index contributed by atoms with van der Waals surface area (Å²) >= 11 is 0. The van der Waals surface area contributed by atoms with E-state index in [2.05, 4.69) is 25.5 Å². The molecule has 0 unspecified atom stereocenters. The van der Waals surface area contributed by atoms with Crippen molar-refractivity contribution < 1.29 is 9.53 Å². The second kappa shape index (κ2) is 8.31. The number of pyridine rings is 2. The summed E-state index contributed by atoms with van der Waals surface area (Å²) < 4.78 is 5.90. The minimum atomic E-state index is -0.307. The zero-order valence-electron chi connectivity index (χ0n) is 17.2. The van der Waals surface area contributed by atoms with Crippen molar-refractivity contribution in [1.29, 1.82) is 0 Å². The van der Waals surface area contributed by atoms with Gasteiger partial charge in [-0.15, -0.1) is 0 Å². The molecule has 0 fully saturated rings. The molecule has 7 nitrogen and oxygen atoms in total. The Hall–Kier alpha value is -4.52. The SMILES string of the molecule is Cc1ccc(NC(=O)c2n[nH]c3ccc(-c4cncc(Oc5ccccc5)c4)cc23)cn1. The van der Waals surface area contributed by atoms with E-state index in [1.165, 1.54) is 0 Å². The number of amides is 1. The summed E-state index contributed by atoms with van der Waals surface area (Å²) in [7, 11) is 0. The lowest BCUT2D eigenvalue weighted by Crippen LogP contribution is -2.13. The second-order valence-corrected chi connectivity index (χ2v) is 7.30. The standard InChI is InChI=1S/C25H19N5O2/c1-16-7-9-19(14-27-16)28-25(31)24-22-12-17(8-10-23(22)29-30-24)18-11-21(15-26-13-18)32-20-5-3-2-4-6-20/h2-15H,1H3,(H,28,31)(H,29,30). The van der Waals surface area contributed by atoms with E-state index in [9.17, 15) is 4.79 Å². The summed E-state index contributed by atoms with van der Waals surface area (Å²) in [5, 5.41) is 10.7. The Morgan fingerprint density at radius 3 is 2.59 bits per heavy atom. The fourth-order valence-electron chi connectivity index (χ4n) is 3.36. The number of aromatic nitrogens is 4. The monoisotopic (exact) mass is 421 g/mol. The molecule has 1 amide bonds. The number of aryl methyl sites for hydroxylation is 1. The molecule has 0 bridgehead atoms. The predicted octanol–water partition coefficient (Wildman–Crippen LogP) is 5.37. The molecule has 5 rings (SSSR count). The molecule has 0 saturated carbocycles. The first-order chi connectivity index (χ1) is 15.7. The van der Waals surface area contributed by atoms with E-state index >= 15 is 0 Å². The Morgan fingerprint density at radius 1 is 0.906 bits per heavy atom. The van der Waals surface area contributed by atoms with Crippen LogP contribution in [0.5, 0.6) is 11.5 Å². The summed E-state index contributed by atoms with van der Waals surface area (Å²) in [6, 6.07) is 20.9. The number of ether oxygens (including phenoxy) is 1. The number of para-hydroxylation sites is 1. The average Bonchev–Trinajstić information content (AvgIpc) is 3.25. The van der Waals surface area contributed by atoms with Crippen LogP contribution in [0, 0.1) is 6.92 Å². The molecular formula is C25H19N5O2. The Labute approximate surface area is 184 Å². The van der Waals surface area contributed by atoms with Gasteiger partial charge in [0, 0.05) is 22.8 Å². The first kappa shape index (κ1) is 19.4. The molecule has 0 radical (unpaired) electrons. The molecule has 0 spiro atoms. The zero-order valence-corrected chi connectivity index (χ0v) is 17.2. The number of hydrogen-bond donors (Lipinski definition) is 2. The molecule has 156 valence electrons. The van der Waals surface area contributed by atoms with E-state index < -0.39 is 0 Å². The number of anilines is 1. The molecule has 0 aliphatic rings. The zero-order chi connectivity index (χ0) is 21.9. The van der Waals surface area contributed by atoms with Crippen LogP contribution in [0.3, 0.4) is 0 Å². The van der Waals surface area contributed by atoms with E-state index in [4.69, 9.17) is 4.74 Å². The molecule has 3 heterocycles. The number of nitrogens with one attached hydrogen (secondary N) is 2. The number of carbonyl (C=O) groups is 1. The highest BCUT2D eigenvalue weighted by Crippen LogP contribution is 2.29. The number of rotatable bonds is 5. The van der Waals surface area contributed by atoms with Crippen LogP contribution in [-0.2, 0) is 0 Å². The highest BCUT2D eigenvalue weighted by Gasteiger charge is 2.16. The van der Waals surface area contributed by atoms with Crippen LogP contribution in [0.25, 0.3) is 22.0 Å². The first-order valence-electron chi connectivity index (χ1n) is 10.1. The Bertz CT molecular complexity index is 1400. The Balaban J connectivity index is 1.44. The van der Waals surface area contributed by atoms with Crippen LogP contribution in [0.2, 0.25) is 0 Å². The maximum atomic E-state index is 12.8. The van der Waals surface area contributed by atoms with Gasteiger partial charge in [0.25, 0.3) is 5.91 Å². The fraction of sp³-hybridized carbons (Fsp3) is 0.0400. The van der Waals surface area contributed by atoms with Gasteiger partial charge in [-0.05, 0) is 55.0 Å². The van der Waals surface area contributed by atoms with E-state index in [0.29, 0.717) is 17.1 Å². The number of aromatic amines is 1. The number of H-pyrrole nitrogens is 1. The first-order valence-corrected chi connectivity index (χ1v) is 10.1. The van der Waals surface area contributed by atoms with Gasteiger partial charge in [-0.25, -0.2) is 0 Å². The molecule has 0 aliphatic carbocycles. The molecule has 32 heavy (non-hydrogen) atoms. The van der Waals surface area contributed by atoms with Gasteiger partial charge >= 0.3 is 0 Å². The van der Waals surface area contributed by atoms with Gasteiger partial charge in [-0.3, -0.25) is 19.9 Å². The molecule has 5 aromatic rings. The maximum absolute atomic E-state index is 12.8. The van der Waals surface area contributed by atoms with Gasteiger partial charge in [0.2, 0.25) is 0 Å². The highest BCUT2D eigenvalue weighted by atomic mass is 16.5. The number of hydrogen-bond acceptors (Lipinski definition) is 5. The molecule has 2 N–H and O–H groups in total. The van der Waals surface area contributed by atoms with Crippen molar-refractivity contribution in [3.05, 3.63) is 96.7 Å². The lowest BCUT2D eigenvalue weighted by molar-refractivity contribution is 0.102. The third-order valence-electron chi connectivity index (χ3n) is 4.97. The number of carbonyl (C=O) groups excluding carboxylic acids is 1. The van der Waals surface area contributed by atoms with Crippen LogP contribution in [0.15, 0.2) is 85.3 Å². The van der Waals surface area contributed by atoms with E-state index in [1.807, 2.05) is 73.7 Å². The number of benzene rings is 2. The number of fused-ring (bicyclic) bond motifs is 1. The van der Waals surface area contributed by atoms with Crippen molar-refractivity contribution in [3.63, 3.8) is 0 Å². The van der Waals surface area contributed by atoms with Crippen molar-refractivity contribution in [2.24, 2.45) is 0 Å². The summed E-state index contributed by atoms with van der Waals surface area (Å²) in [6.45, 7) is 1.89. The number of nitrogens with zero attached hydrogens (tertiary/aromatic N) is 3. The van der Waals surface area contributed by atoms with Crippen LogP contribution >= 0.6 is 0 Å². The van der Waals surface area contributed by atoms with Crippen molar-refractivity contribution in [3.8, 4) is 22.6 Å². The van der Waals surface area contributed by atoms with Crippen molar-refractivity contribution in [1.82, 2.24) is 20.2 Å². The van der Waals surface area contributed by atoms with Gasteiger partial charge in [0.1, 0.15) is 11.5 Å². The smallest absolute Gasteiger partial charge is 0.276 e. The third-order valence-corrected chi connectivity index (χ3v) is 4.97. The molecule has 2 aromatic carbocycles. The lowest BCUT2D eigenvalue weighted by Gasteiger charge is -2.08. The lowest BCUT2D eigenvalue weighted by atomic mass is 10.0. The van der Waals surface area contributed by atoms with E-state index in [-0.39, 0.29) is 5.91 Å². The van der Waals surface area contributed by atoms with E-state index in [1.54, 1.807) is 18.6 Å². The predicted molar refractivity (Wildman–Crippen MR) is 123 cm³/mol. The summed E-state index contributed by atoms with van der Waals surface area (Å²) in [6.07, 6.45) is 5.05. The topological polar surface area (TPSA) is 92.8 Å². The largest absolute Gasteiger partial charge is 0.456 e. The van der Waals surface area contributed by atoms with Crippen molar-refractivity contribution in [2.45, 2.75) is 6.92 Å². The van der Waals surface area contributed by atoms with Gasteiger partial charge < -0.3 is 10.1 Å². The van der Waals surface area contributed by atoms with Gasteiger partial charge in [-0.2, -0.15) is 5.10 Å².